The van der Waals surface area contributed by atoms with E-state index in [-0.39, 0.29) is 6.10 Å². The number of methoxy groups -OCH3 is 1. The van der Waals surface area contributed by atoms with Crippen LogP contribution in [0.3, 0.4) is 0 Å². The molecule has 0 saturated heterocycles. The molecule has 2 rings (SSSR count). The van der Waals surface area contributed by atoms with Gasteiger partial charge in [-0.15, -0.1) is 0 Å². The van der Waals surface area contributed by atoms with E-state index in [1.54, 1.807) is 18.4 Å². The number of hydrogen-bond acceptors (Lipinski definition) is 4. The molecule has 1 unspecified atom stereocenters. The van der Waals surface area contributed by atoms with Gasteiger partial charge in [-0.2, -0.15) is 11.3 Å². The van der Waals surface area contributed by atoms with Gasteiger partial charge in [-0.25, -0.2) is 0 Å². The van der Waals surface area contributed by atoms with E-state index in [4.69, 9.17) is 15.2 Å². The Morgan fingerprint density at radius 3 is 2.89 bits per heavy atom. The van der Waals surface area contributed by atoms with Crippen molar-refractivity contribution >= 4 is 11.3 Å². The van der Waals surface area contributed by atoms with Crippen LogP contribution in [0.15, 0.2) is 41.1 Å². The van der Waals surface area contributed by atoms with Crippen molar-refractivity contribution in [3.05, 3.63) is 52.2 Å². The summed E-state index contributed by atoms with van der Waals surface area (Å²) in [7, 11) is 1.68. The number of rotatable bonds is 6. The topological polar surface area (TPSA) is 44.5 Å². The molecule has 1 atom stereocenters. The van der Waals surface area contributed by atoms with Gasteiger partial charge in [0.15, 0.2) is 0 Å². The maximum atomic E-state index is 5.92. The van der Waals surface area contributed by atoms with Crippen LogP contribution in [0.5, 0.6) is 5.75 Å². The predicted octanol–water partition coefficient (Wildman–Crippen LogP) is 2.97. The monoisotopic (exact) mass is 263 g/mol. The molecular formula is C14H17NO2S. The highest BCUT2D eigenvalue weighted by Gasteiger charge is 2.11. The zero-order chi connectivity index (χ0) is 12.8. The van der Waals surface area contributed by atoms with Gasteiger partial charge in [0.2, 0.25) is 0 Å². The maximum absolute atomic E-state index is 5.92. The summed E-state index contributed by atoms with van der Waals surface area (Å²) in [6, 6.07) is 9.94. The lowest BCUT2D eigenvalue weighted by molar-refractivity contribution is 0.183. The first-order chi connectivity index (χ1) is 8.83. The van der Waals surface area contributed by atoms with Crippen LogP contribution in [0.1, 0.15) is 17.2 Å². The lowest BCUT2D eigenvalue weighted by atomic mass is 10.2. The van der Waals surface area contributed by atoms with Gasteiger partial charge < -0.3 is 15.2 Å². The van der Waals surface area contributed by atoms with Crippen LogP contribution >= 0.6 is 11.3 Å². The van der Waals surface area contributed by atoms with Crippen molar-refractivity contribution in [1.29, 1.82) is 0 Å². The number of ether oxygens (including phenoxy) is 2. The molecule has 0 saturated carbocycles. The zero-order valence-corrected chi connectivity index (χ0v) is 11.2. The van der Waals surface area contributed by atoms with Crippen molar-refractivity contribution in [3.63, 3.8) is 0 Å². The van der Waals surface area contributed by atoms with Crippen LogP contribution in [0.2, 0.25) is 0 Å². The van der Waals surface area contributed by atoms with Crippen LogP contribution < -0.4 is 10.5 Å². The van der Waals surface area contributed by atoms with Crippen LogP contribution in [-0.4, -0.2) is 13.7 Å². The highest BCUT2D eigenvalue weighted by Crippen LogP contribution is 2.23. The minimum atomic E-state index is -0.0888. The second-order valence-electron chi connectivity index (χ2n) is 3.98. The molecule has 2 aromatic rings. The third-order valence-electron chi connectivity index (χ3n) is 2.62. The second-order valence-corrected chi connectivity index (χ2v) is 4.76. The first-order valence-corrected chi connectivity index (χ1v) is 6.74. The Kier molecular flexibility index (Phi) is 4.75. The molecule has 2 N–H and O–H groups in total. The van der Waals surface area contributed by atoms with Crippen molar-refractivity contribution < 1.29 is 9.47 Å². The number of benzene rings is 1. The molecule has 0 amide bonds. The van der Waals surface area contributed by atoms with Gasteiger partial charge in [0.05, 0.1) is 6.61 Å². The molecule has 4 heteroatoms. The molecule has 1 aromatic heterocycles. The zero-order valence-electron chi connectivity index (χ0n) is 10.3. The predicted molar refractivity (Wildman–Crippen MR) is 73.9 cm³/mol. The highest BCUT2D eigenvalue weighted by atomic mass is 32.1. The van der Waals surface area contributed by atoms with Crippen molar-refractivity contribution in [2.45, 2.75) is 12.7 Å². The third-order valence-corrected chi connectivity index (χ3v) is 3.32. The fourth-order valence-corrected chi connectivity index (χ4v) is 2.45. The Morgan fingerprint density at radius 1 is 1.33 bits per heavy atom. The summed E-state index contributed by atoms with van der Waals surface area (Å²) < 4.78 is 11.0. The molecule has 1 aromatic carbocycles. The van der Waals surface area contributed by atoms with Gasteiger partial charge in [0, 0.05) is 19.2 Å². The van der Waals surface area contributed by atoms with E-state index in [9.17, 15) is 0 Å². The summed E-state index contributed by atoms with van der Waals surface area (Å²) in [5.74, 6) is 0.825. The normalized spacial score (nSPS) is 12.3. The summed E-state index contributed by atoms with van der Waals surface area (Å²) in [4.78, 5) is 0. The molecule has 3 nitrogen and oxygen atoms in total. The van der Waals surface area contributed by atoms with Crippen molar-refractivity contribution in [3.8, 4) is 5.75 Å². The molecule has 96 valence electrons. The fraction of sp³-hybridized carbons (Fsp3) is 0.286. The third kappa shape index (κ3) is 3.32. The van der Waals surface area contributed by atoms with Crippen LogP contribution in [0.4, 0.5) is 0 Å². The van der Waals surface area contributed by atoms with Crippen LogP contribution in [0, 0.1) is 0 Å². The van der Waals surface area contributed by atoms with Gasteiger partial charge in [0.25, 0.3) is 0 Å². The molecule has 0 spiro atoms. The minimum absolute atomic E-state index is 0.0888. The Balaban J connectivity index is 2.09. The summed E-state index contributed by atoms with van der Waals surface area (Å²) in [6.45, 7) is 1.05. The van der Waals surface area contributed by atoms with E-state index in [2.05, 4.69) is 5.38 Å². The van der Waals surface area contributed by atoms with E-state index in [0.29, 0.717) is 13.2 Å². The van der Waals surface area contributed by atoms with E-state index in [1.807, 2.05) is 35.7 Å². The average Bonchev–Trinajstić information content (AvgIpc) is 2.90. The molecule has 0 fully saturated rings. The van der Waals surface area contributed by atoms with Crippen molar-refractivity contribution in [2.75, 3.05) is 13.7 Å². The summed E-state index contributed by atoms with van der Waals surface area (Å²) in [5.41, 5.74) is 7.98. The first kappa shape index (κ1) is 13.1. The van der Waals surface area contributed by atoms with Gasteiger partial charge >= 0.3 is 0 Å². The second kappa shape index (κ2) is 6.54. The van der Waals surface area contributed by atoms with E-state index < -0.39 is 0 Å². The van der Waals surface area contributed by atoms with E-state index in [1.165, 1.54) is 0 Å². The highest BCUT2D eigenvalue weighted by molar-refractivity contribution is 7.07. The lowest BCUT2D eigenvalue weighted by Crippen LogP contribution is -2.17. The summed E-state index contributed by atoms with van der Waals surface area (Å²) in [5, 5.41) is 4.10. The molecule has 0 aliphatic carbocycles. The van der Waals surface area contributed by atoms with Gasteiger partial charge in [-0.05, 0) is 34.5 Å². The van der Waals surface area contributed by atoms with Gasteiger partial charge in [-0.3, -0.25) is 0 Å². The molecule has 0 aliphatic rings. The fourth-order valence-electron chi connectivity index (χ4n) is 1.75. The van der Waals surface area contributed by atoms with Crippen LogP contribution in [-0.2, 0) is 11.3 Å². The quantitative estimate of drug-likeness (QED) is 0.871. The summed E-state index contributed by atoms with van der Waals surface area (Å²) >= 11 is 1.65. The van der Waals surface area contributed by atoms with Gasteiger partial charge in [-0.1, -0.05) is 12.1 Å². The Labute approximate surface area is 111 Å². The Morgan fingerprint density at radius 2 is 2.22 bits per heavy atom. The molecule has 0 radical (unpaired) electrons. The molecular weight excluding hydrogens is 246 g/mol. The van der Waals surface area contributed by atoms with Crippen molar-refractivity contribution in [2.24, 2.45) is 5.73 Å². The van der Waals surface area contributed by atoms with E-state index in [0.717, 1.165) is 16.9 Å². The average molecular weight is 263 g/mol. The van der Waals surface area contributed by atoms with Gasteiger partial charge in [0.1, 0.15) is 11.9 Å². The summed E-state index contributed by atoms with van der Waals surface area (Å²) in [6.07, 6.45) is -0.0888. The molecule has 1 heterocycles. The SMILES string of the molecule is COCc1cccc(OC(CN)c2ccsc2)c1. The molecule has 0 aliphatic heterocycles. The van der Waals surface area contributed by atoms with Crippen LogP contribution in [0.25, 0.3) is 0 Å². The Bertz CT molecular complexity index is 470. The van der Waals surface area contributed by atoms with Crippen molar-refractivity contribution in [1.82, 2.24) is 0 Å². The molecule has 0 bridgehead atoms. The largest absolute Gasteiger partial charge is 0.484 e. The Hall–Kier alpha value is -1.36. The first-order valence-electron chi connectivity index (χ1n) is 5.80. The number of nitrogens with two attached hydrogens (primary N) is 1. The smallest absolute Gasteiger partial charge is 0.137 e. The standard InChI is InChI=1S/C14H17NO2S/c1-16-9-11-3-2-4-13(7-11)17-14(8-15)12-5-6-18-10-12/h2-7,10,14H,8-9,15H2,1H3. The van der Waals surface area contributed by atoms with E-state index >= 15 is 0 Å². The minimum Gasteiger partial charge on any atom is -0.484 e. The number of thiophene rings is 1. The number of hydrogen-bond donors (Lipinski definition) is 1. The lowest BCUT2D eigenvalue weighted by Gasteiger charge is -2.17. The molecule has 18 heavy (non-hydrogen) atoms. The maximum Gasteiger partial charge on any atom is 0.137 e.